The van der Waals surface area contributed by atoms with Gasteiger partial charge in [0.15, 0.2) is 0 Å². The van der Waals surface area contributed by atoms with E-state index in [4.69, 9.17) is 5.73 Å². The summed E-state index contributed by atoms with van der Waals surface area (Å²) in [6.07, 6.45) is 2.78. The van der Waals surface area contributed by atoms with Crippen molar-refractivity contribution >= 4 is 17.5 Å². The summed E-state index contributed by atoms with van der Waals surface area (Å²) >= 11 is 0. The standard InChI is InChI=1S/C15H20FN3O2/c16-11-4-2-5-12(7-11)19-14(20)9-18-15(21)13-6-1-3-10(13)8-17/h2,4-5,7,10,13H,1,3,6,8-9,17H2,(H,18,21)(H,19,20)/t10-,13-/m1/s1. The quantitative estimate of drug-likeness (QED) is 0.764. The highest BCUT2D eigenvalue weighted by Gasteiger charge is 2.31. The predicted molar refractivity (Wildman–Crippen MR) is 77.9 cm³/mol. The molecule has 0 heterocycles. The Kier molecular flexibility index (Phi) is 5.27. The zero-order valence-corrected chi connectivity index (χ0v) is 11.8. The van der Waals surface area contributed by atoms with Crippen molar-refractivity contribution in [1.82, 2.24) is 5.32 Å². The lowest BCUT2D eigenvalue weighted by Gasteiger charge is -2.17. The van der Waals surface area contributed by atoms with Crippen LogP contribution < -0.4 is 16.4 Å². The lowest BCUT2D eigenvalue weighted by atomic mass is 9.95. The van der Waals surface area contributed by atoms with E-state index < -0.39 is 5.82 Å². The molecule has 1 aliphatic carbocycles. The minimum Gasteiger partial charge on any atom is -0.347 e. The van der Waals surface area contributed by atoms with Gasteiger partial charge in [-0.15, -0.1) is 0 Å². The summed E-state index contributed by atoms with van der Waals surface area (Å²) in [5, 5.41) is 5.16. The monoisotopic (exact) mass is 293 g/mol. The van der Waals surface area contributed by atoms with Gasteiger partial charge in [-0.05, 0) is 43.5 Å². The van der Waals surface area contributed by atoms with E-state index in [1.165, 1.54) is 18.2 Å². The highest BCUT2D eigenvalue weighted by Crippen LogP contribution is 2.30. The van der Waals surface area contributed by atoms with E-state index in [0.717, 1.165) is 19.3 Å². The summed E-state index contributed by atoms with van der Waals surface area (Å²) in [5.41, 5.74) is 6.01. The molecule has 0 radical (unpaired) electrons. The van der Waals surface area contributed by atoms with Crippen molar-refractivity contribution in [3.8, 4) is 0 Å². The van der Waals surface area contributed by atoms with Gasteiger partial charge < -0.3 is 16.4 Å². The number of carbonyl (C=O) groups excluding carboxylic acids is 2. The SMILES string of the molecule is NC[C@H]1CCC[C@H]1C(=O)NCC(=O)Nc1cccc(F)c1. The number of nitrogens with one attached hydrogen (secondary N) is 2. The molecule has 4 N–H and O–H groups in total. The third kappa shape index (κ3) is 4.26. The molecule has 1 saturated carbocycles. The molecule has 0 aromatic heterocycles. The topological polar surface area (TPSA) is 84.2 Å². The van der Waals surface area contributed by atoms with Crippen LogP contribution in [0.1, 0.15) is 19.3 Å². The van der Waals surface area contributed by atoms with Gasteiger partial charge in [0, 0.05) is 11.6 Å². The molecule has 0 spiro atoms. The molecule has 2 rings (SSSR count). The Balaban J connectivity index is 1.80. The summed E-state index contributed by atoms with van der Waals surface area (Å²) in [4.78, 5) is 23.7. The average Bonchev–Trinajstić information content (AvgIpc) is 2.93. The van der Waals surface area contributed by atoms with Crippen molar-refractivity contribution in [2.75, 3.05) is 18.4 Å². The maximum absolute atomic E-state index is 13.0. The van der Waals surface area contributed by atoms with Crippen LogP contribution in [0.3, 0.4) is 0 Å². The smallest absolute Gasteiger partial charge is 0.243 e. The van der Waals surface area contributed by atoms with Crippen molar-refractivity contribution < 1.29 is 14.0 Å². The third-order valence-corrected chi connectivity index (χ3v) is 3.83. The number of carbonyl (C=O) groups is 2. The molecule has 2 amide bonds. The third-order valence-electron chi connectivity index (χ3n) is 3.83. The van der Waals surface area contributed by atoms with E-state index in [1.54, 1.807) is 6.07 Å². The van der Waals surface area contributed by atoms with Crippen LogP contribution in [-0.2, 0) is 9.59 Å². The lowest BCUT2D eigenvalue weighted by Crippen LogP contribution is -2.39. The van der Waals surface area contributed by atoms with Gasteiger partial charge in [0.2, 0.25) is 11.8 Å². The Morgan fingerprint density at radius 3 is 2.86 bits per heavy atom. The Morgan fingerprint density at radius 1 is 1.33 bits per heavy atom. The van der Waals surface area contributed by atoms with E-state index in [0.29, 0.717) is 12.2 Å². The number of amides is 2. The molecular formula is C15H20FN3O2. The van der Waals surface area contributed by atoms with Gasteiger partial charge >= 0.3 is 0 Å². The first-order valence-electron chi connectivity index (χ1n) is 7.13. The summed E-state index contributed by atoms with van der Waals surface area (Å²) in [5.74, 6) is -0.824. The van der Waals surface area contributed by atoms with Gasteiger partial charge in [0.05, 0.1) is 6.54 Å². The molecule has 21 heavy (non-hydrogen) atoms. The number of nitrogens with two attached hydrogens (primary N) is 1. The first-order valence-corrected chi connectivity index (χ1v) is 7.13. The van der Waals surface area contributed by atoms with Gasteiger partial charge in [0.1, 0.15) is 5.82 Å². The number of hydrogen-bond donors (Lipinski definition) is 3. The van der Waals surface area contributed by atoms with Crippen LogP contribution in [-0.4, -0.2) is 24.9 Å². The maximum atomic E-state index is 13.0. The van der Waals surface area contributed by atoms with Gasteiger partial charge in [-0.25, -0.2) is 4.39 Å². The summed E-state index contributed by atoms with van der Waals surface area (Å²) in [6, 6.07) is 5.61. The maximum Gasteiger partial charge on any atom is 0.243 e. The fraction of sp³-hybridized carbons (Fsp3) is 0.467. The summed E-state index contributed by atoms with van der Waals surface area (Å²) < 4.78 is 13.0. The number of rotatable bonds is 5. The Labute approximate surface area is 123 Å². The van der Waals surface area contributed by atoms with E-state index >= 15 is 0 Å². The number of hydrogen-bond acceptors (Lipinski definition) is 3. The number of anilines is 1. The van der Waals surface area contributed by atoms with Crippen molar-refractivity contribution in [3.05, 3.63) is 30.1 Å². The molecule has 114 valence electrons. The van der Waals surface area contributed by atoms with E-state index in [-0.39, 0.29) is 30.2 Å². The molecule has 1 fully saturated rings. The molecule has 5 nitrogen and oxygen atoms in total. The minimum absolute atomic E-state index is 0.100. The van der Waals surface area contributed by atoms with Gasteiger partial charge in [-0.2, -0.15) is 0 Å². The normalized spacial score (nSPS) is 21.0. The van der Waals surface area contributed by atoms with Gasteiger partial charge in [-0.1, -0.05) is 12.5 Å². The molecule has 1 aromatic rings. The average molecular weight is 293 g/mol. The van der Waals surface area contributed by atoms with Crippen molar-refractivity contribution in [2.24, 2.45) is 17.6 Å². The van der Waals surface area contributed by atoms with Crippen molar-refractivity contribution in [1.29, 1.82) is 0 Å². The van der Waals surface area contributed by atoms with E-state index in [1.807, 2.05) is 0 Å². The fourth-order valence-electron chi connectivity index (χ4n) is 2.73. The molecule has 6 heteroatoms. The van der Waals surface area contributed by atoms with E-state index in [2.05, 4.69) is 10.6 Å². The highest BCUT2D eigenvalue weighted by atomic mass is 19.1. The second-order valence-corrected chi connectivity index (χ2v) is 5.31. The van der Waals surface area contributed by atoms with Crippen molar-refractivity contribution in [2.45, 2.75) is 19.3 Å². The molecular weight excluding hydrogens is 273 g/mol. The van der Waals surface area contributed by atoms with Crippen LogP contribution in [0.15, 0.2) is 24.3 Å². The number of benzene rings is 1. The molecule has 2 atom stereocenters. The zero-order valence-electron chi connectivity index (χ0n) is 11.8. The van der Waals surface area contributed by atoms with Crippen LogP contribution in [0.25, 0.3) is 0 Å². The summed E-state index contributed by atoms with van der Waals surface area (Å²) in [7, 11) is 0. The first kappa shape index (κ1) is 15.4. The Bertz CT molecular complexity index is 521. The second-order valence-electron chi connectivity index (χ2n) is 5.31. The predicted octanol–water partition coefficient (Wildman–Crippen LogP) is 1.26. The number of halogens is 1. The molecule has 0 saturated heterocycles. The van der Waals surface area contributed by atoms with Crippen LogP contribution in [0, 0.1) is 17.7 Å². The molecule has 0 unspecified atom stereocenters. The first-order chi connectivity index (χ1) is 10.1. The minimum atomic E-state index is -0.423. The lowest BCUT2D eigenvalue weighted by molar-refractivity contribution is -0.128. The van der Waals surface area contributed by atoms with Crippen LogP contribution in [0.5, 0.6) is 0 Å². The fourth-order valence-corrected chi connectivity index (χ4v) is 2.73. The summed E-state index contributed by atoms with van der Waals surface area (Å²) in [6.45, 7) is 0.372. The van der Waals surface area contributed by atoms with Crippen LogP contribution in [0.4, 0.5) is 10.1 Å². The Morgan fingerprint density at radius 2 is 2.14 bits per heavy atom. The molecule has 0 aliphatic heterocycles. The van der Waals surface area contributed by atoms with Crippen LogP contribution >= 0.6 is 0 Å². The molecule has 1 aliphatic rings. The largest absolute Gasteiger partial charge is 0.347 e. The van der Waals surface area contributed by atoms with Crippen LogP contribution in [0.2, 0.25) is 0 Å². The zero-order chi connectivity index (χ0) is 15.2. The molecule has 0 bridgehead atoms. The van der Waals surface area contributed by atoms with Gasteiger partial charge in [-0.3, -0.25) is 9.59 Å². The Hall–Kier alpha value is -1.95. The molecule has 1 aromatic carbocycles. The van der Waals surface area contributed by atoms with E-state index in [9.17, 15) is 14.0 Å². The second kappa shape index (κ2) is 7.17. The van der Waals surface area contributed by atoms with Crippen molar-refractivity contribution in [3.63, 3.8) is 0 Å². The highest BCUT2D eigenvalue weighted by molar-refractivity contribution is 5.94. The van der Waals surface area contributed by atoms with Gasteiger partial charge in [0.25, 0.3) is 0 Å².